The number of nitrogens with zero attached hydrogens (tertiary/aromatic N) is 2. The number of likely N-dealkylation sites (tertiary alicyclic amines) is 1. The molecule has 1 aromatic rings. The highest BCUT2D eigenvalue weighted by molar-refractivity contribution is 6.30. The van der Waals surface area contributed by atoms with Gasteiger partial charge in [0.2, 0.25) is 0 Å². The third-order valence-corrected chi connectivity index (χ3v) is 5.07. The number of aliphatic hydroxyl groups is 1. The molecule has 0 radical (unpaired) electrons. The van der Waals surface area contributed by atoms with Gasteiger partial charge < -0.3 is 19.6 Å². The first-order chi connectivity index (χ1) is 11.1. The lowest BCUT2D eigenvalue weighted by atomic mass is 9.87. The minimum Gasteiger partial charge on any atom is -0.448 e. The van der Waals surface area contributed by atoms with Crippen LogP contribution in [0, 0.1) is 5.92 Å². The van der Waals surface area contributed by atoms with Gasteiger partial charge in [0.05, 0.1) is 12.6 Å². The summed E-state index contributed by atoms with van der Waals surface area (Å²) in [7, 11) is 0. The largest absolute Gasteiger partial charge is 0.448 e. The van der Waals surface area contributed by atoms with Gasteiger partial charge in [-0.25, -0.2) is 4.79 Å². The van der Waals surface area contributed by atoms with Crippen molar-refractivity contribution in [1.29, 1.82) is 0 Å². The molecule has 1 aromatic carbocycles. The van der Waals surface area contributed by atoms with Crippen LogP contribution in [0.4, 0.5) is 4.79 Å². The molecule has 0 aliphatic carbocycles. The van der Waals surface area contributed by atoms with Gasteiger partial charge >= 0.3 is 6.09 Å². The summed E-state index contributed by atoms with van der Waals surface area (Å²) in [5.41, 5.74) is 0.938. The first-order valence-corrected chi connectivity index (χ1v) is 8.59. The Morgan fingerprint density at radius 2 is 1.87 bits per heavy atom. The molecule has 0 aromatic heterocycles. The molecule has 126 valence electrons. The Morgan fingerprint density at radius 3 is 2.48 bits per heavy atom. The Labute approximate surface area is 141 Å². The van der Waals surface area contributed by atoms with Crippen LogP contribution in [0.25, 0.3) is 0 Å². The van der Waals surface area contributed by atoms with Gasteiger partial charge in [0.15, 0.2) is 0 Å². The van der Waals surface area contributed by atoms with E-state index < -0.39 is 6.10 Å². The van der Waals surface area contributed by atoms with Crippen LogP contribution in [0.1, 0.15) is 24.5 Å². The lowest BCUT2D eigenvalue weighted by Gasteiger charge is -2.34. The van der Waals surface area contributed by atoms with E-state index in [1.54, 1.807) is 4.90 Å². The minimum atomic E-state index is -0.428. The Bertz CT molecular complexity index is 529. The van der Waals surface area contributed by atoms with Crippen LogP contribution in [0.3, 0.4) is 0 Å². The van der Waals surface area contributed by atoms with Crippen LogP contribution in [0.2, 0.25) is 5.02 Å². The Balaban J connectivity index is 1.44. The first kappa shape index (κ1) is 16.6. The molecule has 0 bridgehead atoms. The molecule has 6 heteroatoms. The second-order valence-corrected chi connectivity index (χ2v) is 6.71. The van der Waals surface area contributed by atoms with Gasteiger partial charge in [-0.15, -0.1) is 0 Å². The summed E-state index contributed by atoms with van der Waals surface area (Å²) >= 11 is 5.89. The van der Waals surface area contributed by atoms with E-state index in [1.165, 1.54) is 0 Å². The first-order valence-electron chi connectivity index (χ1n) is 8.21. The van der Waals surface area contributed by atoms with Crippen LogP contribution >= 0.6 is 11.6 Å². The smallest absolute Gasteiger partial charge is 0.409 e. The summed E-state index contributed by atoms with van der Waals surface area (Å²) in [4.78, 5) is 15.5. The highest BCUT2D eigenvalue weighted by Crippen LogP contribution is 2.31. The maximum Gasteiger partial charge on any atom is 0.409 e. The number of hydrogen-bond acceptors (Lipinski definition) is 4. The molecule has 23 heavy (non-hydrogen) atoms. The molecule has 0 saturated carbocycles. The number of cyclic esters (lactones) is 1. The molecule has 1 unspecified atom stereocenters. The van der Waals surface area contributed by atoms with Crippen molar-refractivity contribution in [2.75, 3.05) is 39.3 Å². The van der Waals surface area contributed by atoms with Crippen molar-refractivity contribution in [3.05, 3.63) is 34.9 Å². The van der Waals surface area contributed by atoms with E-state index in [4.69, 9.17) is 16.3 Å². The van der Waals surface area contributed by atoms with Crippen molar-refractivity contribution in [3.8, 4) is 0 Å². The number of carbonyl (C=O) groups is 1. The average Bonchev–Trinajstić information content (AvgIpc) is 2.99. The van der Waals surface area contributed by atoms with E-state index in [-0.39, 0.29) is 12.0 Å². The maximum atomic E-state index is 11.4. The summed E-state index contributed by atoms with van der Waals surface area (Å²) in [6.45, 7) is 4.72. The number of halogens is 1. The Hall–Kier alpha value is -1.30. The van der Waals surface area contributed by atoms with Gasteiger partial charge in [-0.2, -0.15) is 0 Å². The third-order valence-electron chi connectivity index (χ3n) is 4.82. The van der Waals surface area contributed by atoms with E-state index in [9.17, 15) is 9.90 Å². The molecule has 1 amide bonds. The van der Waals surface area contributed by atoms with E-state index in [2.05, 4.69) is 4.90 Å². The summed E-state index contributed by atoms with van der Waals surface area (Å²) in [6, 6.07) is 7.45. The second kappa shape index (κ2) is 7.51. The predicted molar refractivity (Wildman–Crippen MR) is 88.5 cm³/mol. The molecule has 0 spiro atoms. The van der Waals surface area contributed by atoms with E-state index in [0.717, 1.165) is 44.6 Å². The second-order valence-electron chi connectivity index (χ2n) is 6.28. The molecular weight excluding hydrogens is 316 g/mol. The number of rotatable bonds is 5. The molecule has 2 saturated heterocycles. The minimum absolute atomic E-state index is 0.196. The number of aliphatic hydroxyl groups excluding tert-OH is 1. The molecule has 3 rings (SSSR count). The van der Waals surface area contributed by atoms with Gasteiger partial charge in [-0.3, -0.25) is 0 Å². The van der Waals surface area contributed by atoms with Gasteiger partial charge in [0.1, 0.15) is 6.61 Å². The average molecular weight is 339 g/mol. The lowest BCUT2D eigenvalue weighted by molar-refractivity contribution is 0.0570. The van der Waals surface area contributed by atoms with Crippen molar-refractivity contribution < 1.29 is 14.6 Å². The van der Waals surface area contributed by atoms with Crippen molar-refractivity contribution in [2.45, 2.75) is 18.9 Å². The molecule has 2 aliphatic heterocycles. The molecule has 2 fully saturated rings. The zero-order valence-corrected chi connectivity index (χ0v) is 13.9. The highest BCUT2D eigenvalue weighted by atomic mass is 35.5. The highest BCUT2D eigenvalue weighted by Gasteiger charge is 2.27. The van der Waals surface area contributed by atoms with E-state index in [1.807, 2.05) is 24.3 Å². The number of piperidine rings is 1. The van der Waals surface area contributed by atoms with Gasteiger partial charge in [0.25, 0.3) is 0 Å². The van der Waals surface area contributed by atoms with Gasteiger partial charge in [-0.1, -0.05) is 23.7 Å². The number of benzene rings is 1. The van der Waals surface area contributed by atoms with E-state index >= 15 is 0 Å². The normalized spacial score (nSPS) is 21.5. The number of hydrogen-bond donors (Lipinski definition) is 1. The maximum absolute atomic E-state index is 11.4. The lowest BCUT2D eigenvalue weighted by Crippen LogP contribution is -2.40. The molecule has 2 heterocycles. The van der Waals surface area contributed by atoms with Crippen LogP contribution < -0.4 is 0 Å². The molecule has 1 N–H and O–H groups in total. The SMILES string of the molecule is O=C1OCCN1CCN1CCC(C(O)c2ccc(Cl)cc2)CC1. The number of ether oxygens (including phenoxy) is 1. The van der Waals surface area contributed by atoms with Crippen LogP contribution in [0.5, 0.6) is 0 Å². The summed E-state index contributed by atoms with van der Waals surface area (Å²) in [5, 5.41) is 11.2. The molecular formula is C17H23ClN2O3. The fourth-order valence-electron chi connectivity index (χ4n) is 3.32. The zero-order chi connectivity index (χ0) is 16.2. The predicted octanol–water partition coefficient (Wildman–Crippen LogP) is 2.54. The van der Waals surface area contributed by atoms with Gasteiger partial charge in [-0.05, 0) is 49.5 Å². The Kier molecular flexibility index (Phi) is 5.41. The quantitative estimate of drug-likeness (QED) is 0.896. The fraction of sp³-hybridized carbons (Fsp3) is 0.588. The zero-order valence-electron chi connectivity index (χ0n) is 13.2. The molecule has 2 aliphatic rings. The van der Waals surface area contributed by atoms with Crippen LogP contribution in [-0.2, 0) is 4.74 Å². The third kappa shape index (κ3) is 4.16. The standard InChI is InChI=1S/C17H23ClN2O3/c18-15-3-1-13(2-4-15)16(21)14-5-7-19(8-6-14)9-10-20-11-12-23-17(20)22/h1-4,14,16,21H,5-12H2. The van der Waals surface area contributed by atoms with Crippen molar-refractivity contribution in [2.24, 2.45) is 5.92 Å². The number of carbonyl (C=O) groups excluding carboxylic acids is 1. The van der Waals surface area contributed by atoms with Crippen molar-refractivity contribution >= 4 is 17.7 Å². The molecule has 1 atom stereocenters. The number of amides is 1. The fourth-order valence-corrected chi connectivity index (χ4v) is 3.44. The summed E-state index contributed by atoms with van der Waals surface area (Å²) in [5.74, 6) is 0.282. The summed E-state index contributed by atoms with van der Waals surface area (Å²) in [6.07, 6.45) is 1.31. The summed E-state index contributed by atoms with van der Waals surface area (Å²) < 4.78 is 4.94. The monoisotopic (exact) mass is 338 g/mol. The topological polar surface area (TPSA) is 53.0 Å². The molecule has 5 nitrogen and oxygen atoms in total. The Morgan fingerprint density at radius 1 is 1.17 bits per heavy atom. The van der Waals surface area contributed by atoms with Crippen LogP contribution in [0.15, 0.2) is 24.3 Å². The van der Waals surface area contributed by atoms with Crippen LogP contribution in [-0.4, -0.2) is 60.3 Å². The van der Waals surface area contributed by atoms with Crippen molar-refractivity contribution in [3.63, 3.8) is 0 Å². The van der Waals surface area contributed by atoms with Gasteiger partial charge in [0, 0.05) is 18.1 Å². The van der Waals surface area contributed by atoms with E-state index in [0.29, 0.717) is 18.2 Å². The van der Waals surface area contributed by atoms with Crippen molar-refractivity contribution in [1.82, 2.24) is 9.80 Å².